The lowest BCUT2D eigenvalue weighted by molar-refractivity contribution is -0.138. The molecule has 1 aromatic carbocycles. The SMILES string of the molecule is CSCc1ccc(C(C)C(=O)O)cc1. The van der Waals surface area contributed by atoms with Crippen molar-refractivity contribution in [2.45, 2.75) is 18.6 Å². The van der Waals surface area contributed by atoms with Crippen molar-refractivity contribution in [2.24, 2.45) is 0 Å². The molecule has 0 aliphatic heterocycles. The minimum atomic E-state index is -0.775. The molecule has 0 spiro atoms. The van der Waals surface area contributed by atoms with Crippen LogP contribution in [0.2, 0.25) is 0 Å². The summed E-state index contributed by atoms with van der Waals surface area (Å²) in [5.41, 5.74) is 2.10. The Bertz CT molecular complexity index is 306. The first-order valence-corrected chi connectivity index (χ1v) is 5.85. The van der Waals surface area contributed by atoms with E-state index in [4.69, 9.17) is 5.11 Å². The Morgan fingerprint density at radius 3 is 2.43 bits per heavy atom. The van der Waals surface area contributed by atoms with Crippen LogP contribution in [0.25, 0.3) is 0 Å². The third kappa shape index (κ3) is 2.77. The van der Waals surface area contributed by atoms with Gasteiger partial charge in [0.05, 0.1) is 5.92 Å². The molecule has 1 aromatic rings. The molecule has 0 amide bonds. The smallest absolute Gasteiger partial charge is 0.310 e. The van der Waals surface area contributed by atoms with Gasteiger partial charge in [-0.2, -0.15) is 11.8 Å². The third-order valence-electron chi connectivity index (χ3n) is 2.16. The summed E-state index contributed by atoms with van der Waals surface area (Å²) in [4.78, 5) is 10.7. The van der Waals surface area contributed by atoms with Gasteiger partial charge >= 0.3 is 5.97 Å². The zero-order valence-corrected chi connectivity index (χ0v) is 9.17. The number of aliphatic carboxylic acids is 1. The normalized spacial score (nSPS) is 12.4. The third-order valence-corrected chi connectivity index (χ3v) is 2.78. The highest BCUT2D eigenvalue weighted by Crippen LogP contribution is 2.17. The van der Waals surface area contributed by atoms with Gasteiger partial charge in [0.15, 0.2) is 0 Å². The molecule has 0 saturated carbocycles. The molecule has 14 heavy (non-hydrogen) atoms. The van der Waals surface area contributed by atoms with Crippen LogP contribution in [0.3, 0.4) is 0 Å². The molecule has 0 bridgehead atoms. The number of carboxylic acid groups (broad SMARTS) is 1. The fourth-order valence-corrected chi connectivity index (χ4v) is 1.74. The van der Waals surface area contributed by atoms with Crippen molar-refractivity contribution < 1.29 is 9.90 Å². The Hall–Kier alpha value is -0.960. The van der Waals surface area contributed by atoms with Crippen LogP contribution in [0.1, 0.15) is 24.0 Å². The summed E-state index contributed by atoms with van der Waals surface area (Å²) in [6, 6.07) is 7.77. The van der Waals surface area contributed by atoms with E-state index in [-0.39, 0.29) is 0 Å². The van der Waals surface area contributed by atoms with Crippen LogP contribution in [0.5, 0.6) is 0 Å². The van der Waals surface area contributed by atoms with Gasteiger partial charge in [-0.25, -0.2) is 0 Å². The second-order valence-electron chi connectivity index (χ2n) is 3.23. The van der Waals surface area contributed by atoms with E-state index >= 15 is 0 Å². The Balaban J connectivity index is 2.77. The number of thioether (sulfide) groups is 1. The Kier molecular flexibility index (Phi) is 4.01. The zero-order valence-electron chi connectivity index (χ0n) is 8.36. The average Bonchev–Trinajstić information content (AvgIpc) is 2.18. The highest BCUT2D eigenvalue weighted by molar-refractivity contribution is 7.97. The van der Waals surface area contributed by atoms with E-state index in [2.05, 4.69) is 0 Å². The molecule has 1 atom stereocenters. The molecule has 1 N–H and O–H groups in total. The zero-order chi connectivity index (χ0) is 10.6. The second kappa shape index (κ2) is 5.05. The maximum atomic E-state index is 10.7. The van der Waals surface area contributed by atoms with Gasteiger partial charge in [0, 0.05) is 5.75 Å². The number of hydrogen-bond donors (Lipinski definition) is 1. The van der Waals surface area contributed by atoms with Crippen molar-refractivity contribution in [3.63, 3.8) is 0 Å². The van der Waals surface area contributed by atoms with Crippen LogP contribution in [0, 0.1) is 0 Å². The number of rotatable bonds is 4. The molecule has 1 unspecified atom stereocenters. The van der Waals surface area contributed by atoms with Crippen LogP contribution in [-0.4, -0.2) is 17.3 Å². The molecule has 3 heteroatoms. The monoisotopic (exact) mass is 210 g/mol. The van der Waals surface area contributed by atoms with E-state index in [0.717, 1.165) is 11.3 Å². The maximum Gasteiger partial charge on any atom is 0.310 e. The first kappa shape index (κ1) is 11.1. The highest BCUT2D eigenvalue weighted by atomic mass is 32.2. The fraction of sp³-hybridized carbons (Fsp3) is 0.364. The minimum absolute atomic E-state index is 0.418. The molecular weight excluding hydrogens is 196 g/mol. The molecular formula is C11H14O2S. The Labute approximate surface area is 88.3 Å². The van der Waals surface area contributed by atoms with Gasteiger partial charge in [-0.1, -0.05) is 24.3 Å². The lowest BCUT2D eigenvalue weighted by atomic mass is 10.0. The van der Waals surface area contributed by atoms with Crippen LogP contribution >= 0.6 is 11.8 Å². The van der Waals surface area contributed by atoms with E-state index in [0.29, 0.717) is 0 Å². The molecule has 1 rings (SSSR count). The molecule has 76 valence electrons. The molecule has 0 fully saturated rings. The van der Waals surface area contributed by atoms with Crippen LogP contribution in [-0.2, 0) is 10.5 Å². The van der Waals surface area contributed by atoms with E-state index in [1.807, 2.05) is 30.5 Å². The molecule has 2 nitrogen and oxygen atoms in total. The van der Waals surface area contributed by atoms with Gasteiger partial charge < -0.3 is 5.11 Å². The van der Waals surface area contributed by atoms with Gasteiger partial charge in [-0.3, -0.25) is 4.79 Å². The molecule has 0 aliphatic carbocycles. The van der Waals surface area contributed by atoms with Gasteiger partial charge in [-0.15, -0.1) is 0 Å². The van der Waals surface area contributed by atoms with Gasteiger partial charge in [-0.05, 0) is 24.3 Å². The lowest BCUT2D eigenvalue weighted by Gasteiger charge is -2.07. The minimum Gasteiger partial charge on any atom is -0.481 e. The van der Waals surface area contributed by atoms with Crippen molar-refractivity contribution >= 4 is 17.7 Å². The van der Waals surface area contributed by atoms with Crippen LogP contribution < -0.4 is 0 Å². The molecule has 0 radical (unpaired) electrons. The maximum absolute atomic E-state index is 10.7. The van der Waals surface area contributed by atoms with Gasteiger partial charge in [0.25, 0.3) is 0 Å². The first-order valence-electron chi connectivity index (χ1n) is 4.45. The predicted molar refractivity (Wildman–Crippen MR) is 59.7 cm³/mol. The second-order valence-corrected chi connectivity index (χ2v) is 4.10. The summed E-state index contributed by atoms with van der Waals surface area (Å²) in [5, 5.41) is 8.80. The summed E-state index contributed by atoms with van der Waals surface area (Å²) in [6.07, 6.45) is 2.05. The van der Waals surface area contributed by atoms with Gasteiger partial charge in [0.1, 0.15) is 0 Å². The van der Waals surface area contributed by atoms with Crippen molar-refractivity contribution in [3.8, 4) is 0 Å². The molecule has 0 aromatic heterocycles. The first-order chi connectivity index (χ1) is 6.65. The standard InChI is InChI=1S/C11H14O2S/c1-8(11(12)13)10-5-3-9(4-6-10)7-14-2/h3-6,8H,7H2,1-2H3,(H,12,13). The Morgan fingerprint density at radius 2 is 2.00 bits per heavy atom. The molecule has 0 saturated heterocycles. The van der Waals surface area contributed by atoms with Crippen molar-refractivity contribution in [1.29, 1.82) is 0 Å². The number of benzene rings is 1. The molecule has 0 heterocycles. The predicted octanol–water partition coefficient (Wildman–Crippen LogP) is 2.74. The van der Waals surface area contributed by atoms with Crippen LogP contribution in [0.4, 0.5) is 0 Å². The largest absolute Gasteiger partial charge is 0.481 e. The van der Waals surface area contributed by atoms with Crippen molar-refractivity contribution in [2.75, 3.05) is 6.26 Å². The quantitative estimate of drug-likeness (QED) is 0.830. The van der Waals surface area contributed by atoms with E-state index in [1.165, 1.54) is 5.56 Å². The van der Waals surface area contributed by atoms with Crippen LogP contribution in [0.15, 0.2) is 24.3 Å². The average molecular weight is 210 g/mol. The van der Waals surface area contributed by atoms with Crippen molar-refractivity contribution in [1.82, 2.24) is 0 Å². The number of carboxylic acids is 1. The van der Waals surface area contributed by atoms with Gasteiger partial charge in [0.2, 0.25) is 0 Å². The summed E-state index contributed by atoms with van der Waals surface area (Å²) >= 11 is 1.76. The number of carbonyl (C=O) groups is 1. The van der Waals surface area contributed by atoms with E-state index in [1.54, 1.807) is 18.7 Å². The topological polar surface area (TPSA) is 37.3 Å². The summed E-state index contributed by atoms with van der Waals surface area (Å²) < 4.78 is 0. The summed E-state index contributed by atoms with van der Waals surface area (Å²) in [7, 11) is 0. The fourth-order valence-electron chi connectivity index (χ4n) is 1.21. The number of hydrogen-bond acceptors (Lipinski definition) is 2. The summed E-state index contributed by atoms with van der Waals surface area (Å²) in [6.45, 7) is 1.70. The van der Waals surface area contributed by atoms with E-state index < -0.39 is 11.9 Å². The lowest BCUT2D eigenvalue weighted by Crippen LogP contribution is -2.07. The summed E-state index contributed by atoms with van der Waals surface area (Å²) in [5.74, 6) is -0.220. The van der Waals surface area contributed by atoms with Crippen molar-refractivity contribution in [3.05, 3.63) is 35.4 Å². The molecule has 0 aliphatic rings. The highest BCUT2D eigenvalue weighted by Gasteiger charge is 2.12. The Morgan fingerprint density at radius 1 is 1.43 bits per heavy atom. The van der Waals surface area contributed by atoms with E-state index in [9.17, 15) is 4.79 Å².